The van der Waals surface area contributed by atoms with Crippen molar-refractivity contribution in [1.82, 2.24) is 24.4 Å². The number of hydrogen-bond acceptors (Lipinski definition) is 3. The Kier molecular flexibility index (Phi) is 3.66. The fourth-order valence-corrected chi connectivity index (χ4v) is 2.64. The molecule has 0 aliphatic carbocycles. The van der Waals surface area contributed by atoms with Gasteiger partial charge in [-0.15, -0.1) is 0 Å². The normalized spacial score (nSPS) is 11.0. The molecular formula is C16H21N5O. The van der Waals surface area contributed by atoms with Gasteiger partial charge in [-0.2, -0.15) is 0 Å². The third-order valence-electron chi connectivity index (χ3n) is 3.76. The highest BCUT2D eigenvalue weighted by Gasteiger charge is 2.18. The fourth-order valence-electron chi connectivity index (χ4n) is 2.64. The Balaban J connectivity index is 0.00000192. The van der Waals surface area contributed by atoms with Gasteiger partial charge in [-0.3, -0.25) is 4.79 Å². The second-order valence-corrected chi connectivity index (χ2v) is 5.41. The van der Waals surface area contributed by atoms with E-state index < -0.39 is 0 Å². The Bertz CT molecular complexity index is 823. The van der Waals surface area contributed by atoms with E-state index in [0.717, 1.165) is 35.3 Å². The van der Waals surface area contributed by atoms with Crippen LogP contribution in [0.1, 0.15) is 25.3 Å². The molecule has 22 heavy (non-hydrogen) atoms. The van der Waals surface area contributed by atoms with Crippen LogP contribution in [0.3, 0.4) is 0 Å². The zero-order valence-corrected chi connectivity index (χ0v) is 13.0. The topological polar surface area (TPSA) is 66.8 Å². The SMILES string of the molecule is CCCN(C)C(=O)c1cc(-c2ncnc3[nH]ccc23)cn1C.[HH]. The molecule has 6 nitrogen and oxygen atoms in total. The third-order valence-corrected chi connectivity index (χ3v) is 3.76. The first-order chi connectivity index (χ1) is 10.6. The van der Waals surface area contributed by atoms with Crippen molar-refractivity contribution < 1.29 is 6.22 Å². The molecule has 3 rings (SSSR count). The predicted octanol–water partition coefficient (Wildman–Crippen LogP) is 2.69. The van der Waals surface area contributed by atoms with Gasteiger partial charge in [0.05, 0.1) is 5.69 Å². The van der Waals surface area contributed by atoms with E-state index in [0.29, 0.717) is 5.69 Å². The highest BCUT2D eigenvalue weighted by Crippen LogP contribution is 2.26. The summed E-state index contributed by atoms with van der Waals surface area (Å²) in [6, 6.07) is 3.84. The number of rotatable bonds is 4. The third kappa shape index (κ3) is 2.36. The molecule has 0 saturated heterocycles. The monoisotopic (exact) mass is 299 g/mol. The quantitative estimate of drug-likeness (QED) is 0.805. The Morgan fingerprint density at radius 2 is 2.27 bits per heavy atom. The Labute approximate surface area is 130 Å². The molecule has 0 saturated carbocycles. The van der Waals surface area contributed by atoms with Gasteiger partial charge in [-0.05, 0) is 18.6 Å². The number of hydrogen-bond donors (Lipinski definition) is 1. The van der Waals surface area contributed by atoms with Crippen LogP contribution in [0.4, 0.5) is 0 Å². The summed E-state index contributed by atoms with van der Waals surface area (Å²) in [5.74, 6) is 0.0231. The first-order valence-electron chi connectivity index (χ1n) is 7.32. The summed E-state index contributed by atoms with van der Waals surface area (Å²) in [5, 5.41) is 0.953. The van der Waals surface area contributed by atoms with Crippen LogP contribution in [-0.4, -0.2) is 43.9 Å². The van der Waals surface area contributed by atoms with Crippen LogP contribution < -0.4 is 0 Å². The molecule has 1 N–H and O–H groups in total. The number of nitrogens with one attached hydrogen (secondary N) is 1. The van der Waals surface area contributed by atoms with Gasteiger partial charge in [-0.1, -0.05) is 6.92 Å². The van der Waals surface area contributed by atoms with Crippen LogP contribution in [0, 0.1) is 0 Å². The predicted molar refractivity (Wildman–Crippen MR) is 87.7 cm³/mol. The Morgan fingerprint density at radius 1 is 1.45 bits per heavy atom. The van der Waals surface area contributed by atoms with Crippen molar-refractivity contribution in [2.45, 2.75) is 13.3 Å². The van der Waals surface area contributed by atoms with Crippen LogP contribution in [0.2, 0.25) is 0 Å². The van der Waals surface area contributed by atoms with Crippen molar-refractivity contribution in [2.24, 2.45) is 7.05 Å². The molecule has 116 valence electrons. The zero-order chi connectivity index (χ0) is 15.7. The van der Waals surface area contributed by atoms with E-state index in [1.807, 2.05) is 43.2 Å². The van der Waals surface area contributed by atoms with Crippen LogP contribution in [-0.2, 0) is 7.05 Å². The van der Waals surface area contributed by atoms with Crippen LogP contribution in [0.25, 0.3) is 22.3 Å². The van der Waals surface area contributed by atoms with E-state index in [-0.39, 0.29) is 7.33 Å². The summed E-state index contributed by atoms with van der Waals surface area (Å²) in [6.45, 7) is 2.80. The molecule has 3 aromatic rings. The lowest BCUT2D eigenvalue weighted by Crippen LogP contribution is -2.28. The number of aromatic nitrogens is 4. The fraction of sp³-hybridized carbons (Fsp3) is 0.312. The summed E-state index contributed by atoms with van der Waals surface area (Å²) in [4.78, 5) is 25.9. The number of H-pyrrole nitrogens is 1. The smallest absolute Gasteiger partial charge is 0.270 e. The van der Waals surface area contributed by atoms with Crippen molar-refractivity contribution >= 4 is 16.9 Å². The maximum absolute atomic E-state index is 12.5. The van der Waals surface area contributed by atoms with Crippen molar-refractivity contribution in [3.8, 4) is 11.3 Å². The molecule has 0 fully saturated rings. The molecule has 6 heteroatoms. The number of nitrogens with zero attached hydrogens (tertiary/aromatic N) is 4. The highest BCUT2D eigenvalue weighted by atomic mass is 16.2. The van der Waals surface area contributed by atoms with Crippen LogP contribution in [0.5, 0.6) is 0 Å². The van der Waals surface area contributed by atoms with E-state index in [2.05, 4.69) is 21.9 Å². The summed E-state index contributed by atoms with van der Waals surface area (Å²) in [7, 11) is 3.71. The summed E-state index contributed by atoms with van der Waals surface area (Å²) < 4.78 is 1.85. The molecule has 0 atom stereocenters. The van der Waals surface area contributed by atoms with Crippen LogP contribution >= 0.6 is 0 Å². The van der Waals surface area contributed by atoms with E-state index in [1.165, 1.54) is 6.33 Å². The first-order valence-corrected chi connectivity index (χ1v) is 7.32. The van der Waals surface area contributed by atoms with Crippen LogP contribution in [0.15, 0.2) is 30.9 Å². The summed E-state index contributed by atoms with van der Waals surface area (Å²) in [5.41, 5.74) is 3.21. The lowest BCUT2D eigenvalue weighted by Gasteiger charge is -2.16. The average Bonchev–Trinajstić information content (AvgIpc) is 3.12. The minimum Gasteiger partial charge on any atom is -0.346 e. The van der Waals surface area contributed by atoms with Gasteiger partial charge in [0.2, 0.25) is 0 Å². The maximum Gasteiger partial charge on any atom is 0.270 e. The van der Waals surface area contributed by atoms with Crippen molar-refractivity contribution in [3.63, 3.8) is 0 Å². The summed E-state index contributed by atoms with van der Waals surface area (Å²) in [6.07, 6.45) is 6.25. The lowest BCUT2D eigenvalue weighted by atomic mass is 10.1. The van der Waals surface area contributed by atoms with Gasteiger partial charge in [0, 0.05) is 45.4 Å². The van der Waals surface area contributed by atoms with Crippen molar-refractivity contribution in [1.29, 1.82) is 0 Å². The second-order valence-electron chi connectivity index (χ2n) is 5.41. The van der Waals surface area contributed by atoms with Crippen molar-refractivity contribution in [2.75, 3.05) is 13.6 Å². The van der Waals surface area contributed by atoms with E-state index in [9.17, 15) is 4.79 Å². The largest absolute Gasteiger partial charge is 0.346 e. The number of carbonyl (C=O) groups excluding carboxylic acids is 1. The minimum absolute atomic E-state index is 0. The summed E-state index contributed by atoms with van der Waals surface area (Å²) >= 11 is 0. The number of aryl methyl sites for hydroxylation is 1. The molecule has 0 aliphatic rings. The Morgan fingerprint density at radius 3 is 3.05 bits per heavy atom. The lowest BCUT2D eigenvalue weighted by molar-refractivity contribution is 0.0786. The average molecular weight is 299 g/mol. The van der Waals surface area contributed by atoms with Gasteiger partial charge in [0.1, 0.15) is 17.7 Å². The van der Waals surface area contributed by atoms with E-state index >= 15 is 0 Å². The number of amides is 1. The zero-order valence-electron chi connectivity index (χ0n) is 13.0. The molecule has 0 spiro atoms. The van der Waals surface area contributed by atoms with Gasteiger partial charge in [0.25, 0.3) is 5.91 Å². The van der Waals surface area contributed by atoms with Crippen molar-refractivity contribution in [3.05, 3.63) is 36.5 Å². The molecule has 0 aliphatic heterocycles. The molecule has 0 bridgehead atoms. The molecule has 0 aromatic carbocycles. The molecule has 0 radical (unpaired) electrons. The first kappa shape index (κ1) is 14.3. The second kappa shape index (κ2) is 5.63. The number of aromatic amines is 1. The number of fused-ring (bicyclic) bond motifs is 1. The van der Waals surface area contributed by atoms with Gasteiger partial charge in [-0.25, -0.2) is 9.97 Å². The highest BCUT2D eigenvalue weighted by molar-refractivity contribution is 5.96. The van der Waals surface area contributed by atoms with E-state index in [4.69, 9.17) is 0 Å². The Hall–Kier alpha value is -2.63. The van der Waals surface area contributed by atoms with Gasteiger partial charge in [0.15, 0.2) is 0 Å². The molecule has 3 heterocycles. The van der Waals surface area contributed by atoms with Gasteiger partial charge >= 0.3 is 0 Å². The standard InChI is InChI=1S/C16H19N5O.H2/c1-4-7-20(2)16(22)13-8-11(9-21(13)3)14-12-5-6-17-15(12)19-10-18-14;/h5-6,8-10H,4,7H2,1-3H3,(H,17,18,19);1H. The molecule has 3 aromatic heterocycles. The number of carbonyl (C=O) groups is 1. The molecular weight excluding hydrogens is 278 g/mol. The maximum atomic E-state index is 12.5. The minimum atomic E-state index is 0. The van der Waals surface area contributed by atoms with E-state index in [1.54, 1.807) is 4.90 Å². The molecule has 0 unspecified atom stereocenters. The molecule has 1 amide bonds. The van der Waals surface area contributed by atoms with Gasteiger partial charge < -0.3 is 14.5 Å².